The highest BCUT2D eigenvalue weighted by Crippen LogP contribution is 2.35. The number of nitrogens with zero attached hydrogens (tertiary/aromatic N) is 7. The number of carbonyl (C=O) groups excluding carboxylic acids is 2. The Bertz CT molecular complexity index is 2090. The van der Waals surface area contributed by atoms with Crippen LogP contribution in [0.1, 0.15) is 48.5 Å². The summed E-state index contributed by atoms with van der Waals surface area (Å²) in [5, 5.41) is 38.3. The Hall–Kier alpha value is -6.19. The van der Waals surface area contributed by atoms with E-state index in [9.17, 15) is 19.8 Å². The summed E-state index contributed by atoms with van der Waals surface area (Å²) >= 11 is 0. The van der Waals surface area contributed by atoms with Crippen LogP contribution in [0.3, 0.4) is 0 Å². The van der Waals surface area contributed by atoms with E-state index in [0.717, 1.165) is 11.1 Å². The maximum atomic E-state index is 12.7. The fourth-order valence-electron chi connectivity index (χ4n) is 6.45. The normalized spacial score (nSPS) is 18.4. The summed E-state index contributed by atoms with van der Waals surface area (Å²) in [6.45, 7) is 2.44. The summed E-state index contributed by atoms with van der Waals surface area (Å²) in [6.07, 6.45) is 4.43. The van der Waals surface area contributed by atoms with Crippen LogP contribution in [0.5, 0.6) is 0 Å². The highest BCUT2D eigenvalue weighted by molar-refractivity contribution is 5.89. The molecule has 0 saturated heterocycles. The summed E-state index contributed by atoms with van der Waals surface area (Å²) in [4.78, 5) is 43.4. The molecule has 1 aliphatic rings. The molecule has 0 unspecified atom stereocenters. The van der Waals surface area contributed by atoms with Crippen molar-refractivity contribution in [3.63, 3.8) is 0 Å². The van der Waals surface area contributed by atoms with Crippen molar-refractivity contribution in [1.82, 2.24) is 44.9 Å². The highest BCUT2D eigenvalue weighted by Gasteiger charge is 2.43. The van der Waals surface area contributed by atoms with E-state index in [0.29, 0.717) is 34.9 Å². The summed E-state index contributed by atoms with van der Waals surface area (Å²) in [6, 6.07) is 24.1. The molecule has 15 nitrogen and oxygen atoms in total. The lowest BCUT2D eigenvalue weighted by Gasteiger charge is -2.20. The molecule has 0 radical (unpaired) electrons. The molecule has 4 heterocycles. The average molecular weight is 702 g/mol. The van der Waals surface area contributed by atoms with Crippen molar-refractivity contribution in [2.75, 3.05) is 17.2 Å². The maximum absolute atomic E-state index is 12.7. The minimum Gasteiger partial charge on any atom is -0.388 e. The Kier molecular flexibility index (Phi) is 10.1. The van der Waals surface area contributed by atoms with Crippen molar-refractivity contribution < 1.29 is 19.8 Å². The molecule has 1 saturated carbocycles. The van der Waals surface area contributed by atoms with E-state index in [1.165, 1.54) is 10.9 Å². The number of anilines is 2. The number of hydrogen-bond donors (Lipinski definition) is 6. The molecular formula is C37H39N11O4. The fraction of sp³-hybridized carbons (Fsp3) is 0.270. The first-order valence-electron chi connectivity index (χ1n) is 17.1. The van der Waals surface area contributed by atoms with Gasteiger partial charge in [0.05, 0.1) is 48.7 Å². The van der Waals surface area contributed by atoms with Crippen LogP contribution in [-0.2, 0) is 11.3 Å². The van der Waals surface area contributed by atoms with Gasteiger partial charge in [-0.2, -0.15) is 15.1 Å². The van der Waals surface area contributed by atoms with Crippen molar-refractivity contribution in [2.45, 2.75) is 56.5 Å². The van der Waals surface area contributed by atoms with E-state index in [2.05, 4.69) is 60.6 Å². The average Bonchev–Trinajstić information content (AvgIpc) is 3.90. The van der Waals surface area contributed by atoms with Crippen molar-refractivity contribution in [1.29, 1.82) is 0 Å². The molecule has 6 aromatic rings. The lowest BCUT2D eigenvalue weighted by atomic mass is 9.91. The summed E-state index contributed by atoms with van der Waals surface area (Å²) in [7, 11) is 0. The SMILES string of the molecule is CCC(=O)N[C@H]1C[C@@H](n2cnc3c(NCC(c4ccccc4)c4ccccc4)nc(-n4cc(NC(=O)NCc5ccccn5)cn4)nc32)[C@H](O)[C@@H]1O. The summed E-state index contributed by atoms with van der Waals surface area (Å²) < 4.78 is 3.14. The largest absolute Gasteiger partial charge is 0.388 e. The highest BCUT2D eigenvalue weighted by atomic mass is 16.3. The standard InChI is InChI=1S/C37H39N11O4/c1-2-30(49)44-28-17-29(33(51)32(28)50)47-22-41-31-34(39-20-27(23-11-5-3-6-12-23)24-13-7-4-8-14-24)45-36(46-35(31)47)48-21-26(19-42-48)43-37(52)40-18-25-15-9-10-16-38-25/h3-16,19,21-22,27-29,32-33,50-51H,2,17-18,20H2,1H3,(H,44,49)(H,39,45,46)(H2,40,43,52)/t28-,29+,32+,33-/m0/s1. The van der Waals surface area contributed by atoms with E-state index in [1.54, 1.807) is 36.3 Å². The smallest absolute Gasteiger partial charge is 0.319 e. The zero-order valence-corrected chi connectivity index (χ0v) is 28.4. The number of pyridine rings is 1. The minimum absolute atomic E-state index is 0.0298. The van der Waals surface area contributed by atoms with E-state index < -0.39 is 30.3 Å². The number of rotatable bonds is 12. The van der Waals surface area contributed by atoms with E-state index >= 15 is 0 Å². The number of benzene rings is 2. The first-order valence-corrected chi connectivity index (χ1v) is 17.1. The molecule has 3 amide bonds. The van der Waals surface area contributed by atoms with Gasteiger partial charge in [-0.3, -0.25) is 9.78 Å². The topological polar surface area (TPSA) is 197 Å². The number of carbonyl (C=O) groups is 2. The van der Waals surface area contributed by atoms with Crippen LogP contribution in [0.2, 0.25) is 0 Å². The van der Waals surface area contributed by atoms with E-state index in [-0.39, 0.29) is 37.2 Å². The monoisotopic (exact) mass is 701 g/mol. The molecule has 4 atom stereocenters. The van der Waals surface area contributed by atoms with Gasteiger partial charge in [0.1, 0.15) is 12.2 Å². The molecule has 0 bridgehead atoms. The third-order valence-electron chi connectivity index (χ3n) is 9.17. The Morgan fingerprint density at radius 2 is 1.65 bits per heavy atom. The van der Waals surface area contributed by atoms with Gasteiger partial charge in [0.15, 0.2) is 17.0 Å². The second-order valence-electron chi connectivity index (χ2n) is 12.6. The van der Waals surface area contributed by atoms with Gasteiger partial charge in [0.2, 0.25) is 5.91 Å². The lowest BCUT2D eigenvalue weighted by molar-refractivity contribution is -0.122. The molecule has 52 heavy (non-hydrogen) atoms. The van der Waals surface area contributed by atoms with E-state index in [1.807, 2.05) is 48.5 Å². The molecular weight excluding hydrogens is 662 g/mol. The Morgan fingerprint density at radius 3 is 2.35 bits per heavy atom. The molecule has 0 aliphatic heterocycles. The van der Waals surface area contributed by atoms with Crippen molar-refractivity contribution in [3.8, 4) is 5.95 Å². The van der Waals surface area contributed by atoms with Gasteiger partial charge in [-0.1, -0.05) is 73.7 Å². The number of aliphatic hydroxyl groups is 2. The molecule has 6 N–H and O–H groups in total. The van der Waals surface area contributed by atoms with Crippen molar-refractivity contribution in [3.05, 3.63) is 121 Å². The predicted molar refractivity (Wildman–Crippen MR) is 194 cm³/mol. The first-order chi connectivity index (χ1) is 25.4. The van der Waals surface area contributed by atoms with Crippen LogP contribution in [0, 0.1) is 0 Å². The molecule has 1 aliphatic carbocycles. The predicted octanol–water partition coefficient (Wildman–Crippen LogP) is 3.53. The molecule has 2 aromatic carbocycles. The molecule has 1 fully saturated rings. The summed E-state index contributed by atoms with van der Waals surface area (Å²) in [5.74, 6) is 0.359. The van der Waals surface area contributed by atoms with Crippen molar-refractivity contribution >= 4 is 34.6 Å². The fourth-order valence-corrected chi connectivity index (χ4v) is 6.45. The van der Waals surface area contributed by atoms with Gasteiger partial charge in [-0.25, -0.2) is 14.5 Å². The third-order valence-corrected chi connectivity index (χ3v) is 9.17. The van der Waals surface area contributed by atoms with Crippen LogP contribution in [0.4, 0.5) is 16.3 Å². The number of imidazole rings is 1. The molecule has 0 spiro atoms. The van der Waals surface area contributed by atoms with Gasteiger partial charge < -0.3 is 36.0 Å². The van der Waals surface area contributed by atoms with Gasteiger partial charge in [-0.15, -0.1) is 0 Å². The van der Waals surface area contributed by atoms with Gasteiger partial charge in [0.25, 0.3) is 5.95 Å². The van der Waals surface area contributed by atoms with Crippen molar-refractivity contribution in [2.24, 2.45) is 0 Å². The minimum atomic E-state index is -1.19. The molecule has 266 valence electrons. The van der Waals surface area contributed by atoms with Crippen LogP contribution >= 0.6 is 0 Å². The number of hydrogen-bond acceptors (Lipinski definition) is 10. The molecule has 15 heteroatoms. The van der Waals surface area contributed by atoms with Gasteiger partial charge in [0, 0.05) is 25.1 Å². The van der Waals surface area contributed by atoms with Crippen LogP contribution < -0.4 is 21.3 Å². The Balaban J connectivity index is 1.21. The zero-order valence-electron chi connectivity index (χ0n) is 28.4. The summed E-state index contributed by atoms with van der Waals surface area (Å²) in [5.41, 5.74) is 4.19. The van der Waals surface area contributed by atoms with Crippen LogP contribution in [0.25, 0.3) is 17.1 Å². The quantitative estimate of drug-likeness (QED) is 0.110. The number of fused-ring (bicyclic) bond motifs is 1. The number of amides is 3. The van der Waals surface area contributed by atoms with Gasteiger partial charge in [-0.05, 0) is 29.7 Å². The first kappa shape index (κ1) is 34.3. The number of urea groups is 1. The zero-order chi connectivity index (χ0) is 36.0. The van der Waals surface area contributed by atoms with E-state index in [4.69, 9.17) is 9.97 Å². The Labute approximate surface area is 299 Å². The van der Waals surface area contributed by atoms with Gasteiger partial charge >= 0.3 is 6.03 Å². The molecule has 4 aromatic heterocycles. The Morgan fingerprint density at radius 1 is 0.923 bits per heavy atom. The second-order valence-corrected chi connectivity index (χ2v) is 12.6. The third kappa shape index (κ3) is 7.45. The second kappa shape index (κ2) is 15.4. The van der Waals surface area contributed by atoms with Crippen LogP contribution in [0.15, 0.2) is 104 Å². The van der Waals surface area contributed by atoms with Crippen LogP contribution in [-0.4, -0.2) is 81.2 Å². The number of nitrogens with one attached hydrogen (secondary N) is 4. The lowest BCUT2D eigenvalue weighted by Crippen LogP contribution is -2.42. The maximum Gasteiger partial charge on any atom is 0.319 e. The number of aliphatic hydroxyl groups excluding tert-OH is 2. The molecule has 7 rings (SSSR count). The number of aromatic nitrogens is 7.